The highest BCUT2D eigenvalue weighted by atomic mass is 32.1. The molecule has 0 aromatic carbocycles. The van der Waals surface area contributed by atoms with Crippen molar-refractivity contribution < 1.29 is 9.53 Å². The number of hydrogen-bond acceptors (Lipinski definition) is 5. The summed E-state index contributed by atoms with van der Waals surface area (Å²) in [5.41, 5.74) is 4.52. The number of carbonyl (C=O) groups excluding carboxylic acids is 1. The van der Waals surface area contributed by atoms with Gasteiger partial charge in [0, 0.05) is 23.5 Å². The SMILES string of the molecule is Cc1n[nH]c(C)c1CCCNC(=O)c1cc2c(s1)CCOC21CCNCC1. The minimum atomic E-state index is -0.176. The van der Waals surface area contributed by atoms with Crippen molar-refractivity contribution in [3.05, 3.63) is 38.3 Å². The zero-order valence-electron chi connectivity index (χ0n) is 16.1. The van der Waals surface area contributed by atoms with E-state index in [1.54, 1.807) is 11.3 Å². The maximum atomic E-state index is 12.7. The van der Waals surface area contributed by atoms with E-state index in [0.717, 1.165) is 68.1 Å². The van der Waals surface area contributed by atoms with Crippen LogP contribution in [0, 0.1) is 13.8 Å². The van der Waals surface area contributed by atoms with Gasteiger partial charge in [-0.3, -0.25) is 9.89 Å². The summed E-state index contributed by atoms with van der Waals surface area (Å²) >= 11 is 1.64. The van der Waals surface area contributed by atoms with Gasteiger partial charge in [0.25, 0.3) is 5.91 Å². The van der Waals surface area contributed by atoms with Gasteiger partial charge < -0.3 is 15.4 Å². The van der Waals surface area contributed by atoms with E-state index in [0.29, 0.717) is 6.54 Å². The van der Waals surface area contributed by atoms with Gasteiger partial charge in [0.1, 0.15) is 0 Å². The quantitative estimate of drug-likeness (QED) is 0.688. The van der Waals surface area contributed by atoms with Crippen molar-refractivity contribution in [1.82, 2.24) is 20.8 Å². The number of ether oxygens (including phenoxy) is 1. The third-order valence-corrected chi connectivity index (χ3v) is 7.01. The average Bonchev–Trinajstić information content (AvgIpc) is 3.25. The molecule has 2 aliphatic rings. The number of carbonyl (C=O) groups is 1. The molecule has 1 saturated heterocycles. The molecule has 0 saturated carbocycles. The Morgan fingerprint density at radius 2 is 2.19 bits per heavy atom. The summed E-state index contributed by atoms with van der Waals surface area (Å²) in [4.78, 5) is 14.8. The Balaban J connectivity index is 1.37. The lowest BCUT2D eigenvalue weighted by Gasteiger charge is -2.40. The van der Waals surface area contributed by atoms with Crippen LogP contribution in [0.25, 0.3) is 0 Å². The van der Waals surface area contributed by atoms with Crippen molar-refractivity contribution in [3.8, 4) is 0 Å². The second-order valence-corrected chi connectivity index (χ2v) is 8.70. The molecular formula is C20H28N4O2S. The summed E-state index contributed by atoms with van der Waals surface area (Å²) in [5.74, 6) is 0.0409. The number of nitrogens with one attached hydrogen (secondary N) is 3. The van der Waals surface area contributed by atoms with Gasteiger partial charge in [-0.15, -0.1) is 11.3 Å². The number of H-pyrrole nitrogens is 1. The number of fused-ring (bicyclic) bond motifs is 2. The molecule has 7 heteroatoms. The number of aromatic amines is 1. The Kier molecular flexibility index (Phi) is 5.34. The average molecular weight is 389 g/mol. The van der Waals surface area contributed by atoms with Crippen molar-refractivity contribution in [1.29, 1.82) is 0 Å². The van der Waals surface area contributed by atoms with Crippen LogP contribution in [0.2, 0.25) is 0 Å². The Bertz CT molecular complexity index is 801. The van der Waals surface area contributed by atoms with E-state index in [2.05, 4.69) is 26.9 Å². The van der Waals surface area contributed by atoms with Gasteiger partial charge in [-0.1, -0.05) is 0 Å². The molecule has 0 radical (unpaired) electrons. The molecule has 4 heterocycles. The minimum Gasteiger partial charge on any atom is -0.370 e. The second-order valence-electron chi connectivity index (χ2n) is 7.56. The number of rotatable bonds is 5. The summed E-state index contributed by atoms with van der Waals surface area (Å²) in [6.07, 6.45) is 4.74. The first-order valence-corrected chi connectivity index (χ1v) is 10.7. The molecule has 0 atom stereocenters. The molecule has 27 heavy (non-hydrogen) atoms. The number of piperidine rings is 1. The second kappa shape index (κ2) is 7.73. The number of thiophene rings is 1. The van der Waals surface area contributed by atoms with Gasteiger partial charge in [-0.05, 0) is 69.8 Å². The minimum absolute atomic E-state index is 0.0409. The first-order valence-electron chi connectivity index (χ1n) is 9.85. The highest BCUT2D eigenvalue weighted by Gasteiger charge is 2.40. The molecule has 1 amide bonds. The van der Waals surface area contributed by atoms with E-state index in [9.17, 15) is 4.79 Å². The monoisotopic (exact) mass is 388 g/mol. The first kappa shape index (κ1) is 18.7. The Morgan fingerprint density at radius 1 is 1.37 bits per heavy atom. The first-order chi connectivity index (χ1) is 13.1. The molecule has 4 rings (SSSR count). The van der Waals surface area contributed by atoms with Gasteiger partial charge >= 0.3 is 0 Å². The number of aromatic nitrogens is 2. The van der Waals surface area contributed by atoms with Gasteiger partial charge in [0.2, 0.25) is 0 Å². The van der Waals surface area contributed by atoms with Crippen molar-refractivity contribution in [2.75, 3.05) is 26.2 Å². The summed E-state index contributed by atoms with van der Waals surface area (Å²) in [5, 5.41) is 13.7. The van der Waals surface area contributed by atoms with Gasteiger partial charge in [0.05, 0.1) is 22.8 Å². The van der Waals surface area contributed by atoms with Crippen LogP contribution in [0.4, 0.5) is 0 Å². The van der Waals surface area contributed by atoms with Gasteiger partial charge in [0.15, 0.2) is 0 Å². The zero-order valence-corrected chi connectivity index (χ0v) is 16.9. The lowest BCUT2D eigenvalue weighted by molar-refractivity contribution is -0.0792. The predicted molar refractivity (Wildman–Crippen MR) is 106 cm³/mol. The van der Waals surface area contributed by atoms with E-state index < -0.39 is 0 Å². The van der Waals surface area contributed by atoms with E-state index in [4.69, 9.17) is 4.74 Å². The molecule has 1 spiro atoms. The highest BCUT2D eigenvalue weighted by molar-refractivity contribution is 7.14. The zero-order chi connectivity index (χ0) is 18.9. The molecule has 0 unspecified atom stereocenters. The smallest absolute Gasteiger partial charge is 0.261 e. The lowest BCUT2D eigenvalue weighted by atomic mass is 9.83. The van der Waals surface area contributed by atoms with Crippen molar-refractivity contribution >= 4 is 17.2 Å². The topological polar surface area (TPSA) is 79.0 Å². The fourth-order valence-electron chi connectivity index (χ4n) is 4.27. The van der Waals surface area contributed by atoms with E-state index in [-0.39, 0.29) is 11.5 Å². The van der Waals surface area contributed by atoms with Crippen LogP contribution < -0.4 is 10.6 Å². The van der Waals surface area contributed by atoms with Crippen LogP contribution in [0.15, 0.2) is 6.07 Å². The summed E-state index contributed by atoms with van der Waals surface area (Å²) in [6.45, 7) is 7.46. The van der Waals surface area contributed by atoms with Crippen LogP contribution in [0.5, 0.6) is 0 Å². The Morgan fingerprint density at radius 3 is 2.93 bits per heavy atom. The molecule has 0 bridgehead atoms. The number of amides is 1. The van der Waals surface area contributed by atoms with Crippen molar-refractivity contribution in [2.45, 2.75) is 51.6 Å². The van der Waals surface area contributed by atoms with Gasteiger partial charge in [-0.25, -0.2) is 0 Å². The van der Waals surface area contributed by atoms with E-state index >= 15 is 0 Å². The van der Waals surface area contributed by atoms with Crippen LogP contribution in [-0.4, -0.2) is 42.3 Å². The summed E-state index contributed by atoms with van der Waals surface area (Å²) in [6, 6.07) is 2.09. The third-order valence-electron chi connectivity index (χ3n) is 5.81. The number of aryl methyl sites for hydroxylation is 2. The van der Waals surface area contributed by atoms with Gasteiger partial charge in [-0.2, -0.15) is 5.10 Å². The summed E-state index contributed by atoms with van der Waals surface area (Å²) in [7, 11) is 0. The Hall–Kier alpha value is -1.70. The van der Waals surface area contributed by atoms with Crippen LogP contribution in [-0.2, 0) is 23.2 Å². The van der Waals surface area contributed by atoms with Crippen LogP contribution in [0.3, 0.4) is 0 Å². The van der Waals surface area contributed by atoms with Crippen molar-refractivity contribution in [2.24, 2.45) is 0 Å². The number of hydrogen-bond donors (Lipinski definition) is 3. The maximum Gasteiger partial charge on any atom is 0.261 e. The molecule has 2 aromatic rings. The molecule has 2 aliphatic heterocycles. The summed E-state index contributed by atoms with van der Waals surface area (Å²) < 4.78 is 6.21. The highest BCUT2D eigenvalue weighted by Crippen LogP contribution is 2.43. The normalized spacial score (nSPS) is 18.4. The number of nitrogens with zero attached hydrogens (tertiary/aromatic N) is 1. The molecule has 6 nitrogen and oxygen atoms in total. The third kappa shape index (κ3) is 3.68. The molecule has 0 aliphatic carbocycles. The van der Waals surface area contributed by atoms with Crippen molar-refractivity contribution in [3.63, 3.8) is 0 Å². The standard InChI is InChI=1S/C20H28N4O2S/c1-13-15(14(2)24-23-13)4-3-8-22-19(25)18-12-16-17(27-18)5-11-26-20(16)6-9-21-10-7-20/h12,21H,3-11H2,1-2H3,(H,22,25)(H,23,24). The largest absolute Gasteiger partial charge is 0.370 e. The molecular weight excluding hydrogens is 360 g/mol. The predicted octanol–water partition coefficient (Wildman–Crippen LogP) is 2.60. The fourth-order valence-corrected chi connectivity index (χ4v) is 5.42. The lowest BCUT2D eigenvalue weighted by Crippen LogP contribution is -2.44. The molecule has 146 valence electrons. The van der Waals surface area contributed by atoms with E-state index in [1.807, 2.05) is 13.8 Å². The molecule has 1 fully saturated rings. The molecule has 3 N–H and O–H groups in total. The fraction of sp³-hybridized carbons (Fsp3) is 0.600. The maximum absolute atomic E-state index is 12.7. The Labute approximate surface area is 164 Å². The van der Waals surface area contributed by atoms with E-state index in [1.165, 1.54) is 16.0 Å². The van der Waals surface area contributed by atoms with Crippen LogP contribution in [0.1, 0.15) is 56.3 Å². The van der Waals surface area contributed by atoms with Crippen LogP contribution >= 0.6 is 11.3 Å². The molecule has 2 aromatic heterocycles.